The van der Waals surface area contributed by atoms with Crippen LogP contribution in [-0.4, -0.2) is 64.0 Å². The molecule has 30 heavy (non-hydrogen) atoms. The van der Waals surface area contributed by atoms with Crippen LogP contribution in [-0.2, 0) is 9.53 Å². The van der Waals surface area contributed by atoms with Gasteiger partial charge in [0.25, 0.3) is 11.8 Å². The fourth-order valence-electron chi connectivity index (χ4n) is 5.69. The van der Waals surface area contributed by atoms with Crippen LogP contribution in [0.3, 0.4) is 0 Å². The molecule has 1 aromatic rings. The zero-order chi connectivity index (χ0) is 20.7. The number of amides is 2. The van der Waals surface area contributed by atoms with Crippen LogP contribution in [0.1, 0.15) is 73.8 Å². The van der Waals surface area contributed by atoms with E-state index in [0.717, 1.165) is 38.0 Å². The van der Waals surface area contributed by atoms with Crippen LogP contribution >= 0.6 is 0 Å². The van der Waals surface area contributed by atoms with Gasteiger partial charge in [0.1, 0.15) is 0 Å². The number of nitrogens with zero attached hydrogens (tertiary/aromatic N) is 3. The van der Waals surface area contributed by atoms with Crippen LogP contribution in [0, 0.1) is 12.8 Å². The van der Waals surface area contributed by atoms with Crippen molar-refractivity contribution in [2.75, 3.05) is 19.7 Å². The highest BCUT2D eigenvalue weighted by Crippen LogP contribution is 2.48. The van der Waals surface area contributed by atoms with E-state index in [1.54, 1.807) is 6.20 Å². The lowest BCUT2D eigenvalue weighted by atomic mass is 9.68. The lowest BCUT2D eigenvalue weighted by Crippen LogP contribution is -2.78. The minimum absolute atomic E-state index is 0.0499. The Hall–Kier alpha value is -1.95. The van der Waals surface area contributed by atoms with Crippen LogP contribution < -0.4 is 0 Å². The number of likely N-dealkylation sites (tertiary alicyclic amines) is 2. The first-order chi connectivity index (χ1) is 14.6. The molecular formula is C24H33N3O3. The van der Waals surface area contributed by atoms with Gasteiger partial charge in [-0.25, -0.2) is 0 Å². The van der Waals surface area contributed by atoms with E-state index in [9.17, 15) is 9.59 Å². The number of hydrogen-bond donors (Lipinski definition) is 0. The lowest BCUT2D eigenvalue weighted by molar-refractivity contribution is -0.211. The van der Waals surface area contributed by atoms with Gasteiger partial charge in [0.05, 0.1) is 17.7 Å². The van der Waals surface area contributed by atoms with Crippen molar-refractivity contribution in [2.45, 2.75) is 82.4 Å². The molecule has 1 aromatic heterocycles. The Balaban J connectivity index is 1.23. The van der Waals surface area contributed by atoms with E-state index in [1.807, 2.05) is 24.0 Å². The number of pyridine rings is 1. The van der Waals surface area contributed by atoms with Crippen molar-refractivity contribution in [1.29, 1.82) is 0 Å². The first-order valence-corrected chi connectivity index (χ1v) is 11.8. The first kappa shape index (κ1) is 20.0. The van der Waals surface area contributed by atoms with E-state index in [-0.39, 0.29) is 29.5 Å². The highest BCUT2D eigenvalue weighted by molar-refractivity contribution is 5.94. The van der Waals surface area contributed by atoms with Gasteiger partial charge in [-0.15, -0.1) is 0 Å². The van der Waals surface area contributed by atoms with Crippen LogP contribution in [0.2, 0.25) is 0 Å². The Morgan fingerprint density at radius 3 is 2.50 bits per heavy atom. The fraction of sp³-hybridized carbons (Fsp3) is 0.708. The molecule has 0 radical (unpaired) electrons. The van der Waals surface area contributed by atoms with Gasteiger partial charge in [-0.2, -0.15) is 0 Å². The molecule has 6 nitrogen and oxygen atoms in total. The molecule has 2 amide bonds. The monoisotopic (exact) mass is 411 g/mol. The zero-order valence-corrected chi connectivity index (χ0v) is 18.0. The smallest absolute Gasteiger partial charge is 0.255 e. The van der Waals surface area contributed by atoms with E-state index < -0.39 is 0 Å². The second kappa shape index (κ2) is 7.95. The molecule has 0 aromatic carbocycles. The van der Waals surface area contributed by atoms with Gasteiger partial charge in [0, 0.05) is 31.0 Å². The maximum absolute atomic E-state index is 13.1. The Morgan fingerprint density at radius 1 is 1.13 bits per heavy atom. The molecule has 2 saturated heterocycles. The van der Waals surface area contributed by atoms with Gasteiger partial charge < -0.3 is 14.5 Å². The average molecular weight is 412 g/mol. The molecule has 162 valence electrons. The number of ether oxygens (including phenoxy) is 1. The Labute approximate surface area is 179 Å². The summed E-state index contributed by atoms with van der Waals surface area (Å²) in [5.74, 6) is 0.928. The van der Waals surface area contributed by atoms with Crippen molar-refractivity contribution < 1.29 is 14.3 Å². The summed E-state index contributed by atoms with van der Waals surface area (Å²) in [6.45, 7) is 4.08. The van der Waals surface area contributed by atoms with Gasteiger partial charge >= 0.3 is 0 Å². The number of piperidine rings is 1. The first-order valence-electron chi connectivity index (χ1n) is 11.8. The molecule has 0 bridgehead atoms. The van der Waals surface area contributed by atoms with E-state index in [2.05, 4.69) is 9.88 Å². The summed E-state index contributed by atoms with van der Waals surface area (Å²) in [5, 5.41) is 0. The zero-order valence-electron chi connectivity index (χ0n) is 18.0. The molecule has 4 aliphatic rings. The number of carbonyl (C=O) groups is 2. The second-order valence-electron chi connectivity index (χ2n) is 9.74. The SMILES string of the molecule is Cc1ccc(C(=O)N2CCC(N3C(=O)C(OCC4CC4)C34CCCCC4)CC2)cn1. The van der Waals surface area contributed by atoms with Crippen molar-refractivity contribution in [3.8, 4) is 0 Å². The van der Waals surface area contributed by atoms with Gasteiger partial charge in [0.15, 0.2) is 6.10 Å². The van der Waals surface area contributed by atoms with E-state index in [1.165, 1.54) is 32.1 Å². The van der Waals surface area contributed by atoms with E-state index in [0.29, 0.717) is 24.6 Å². The van der Waals surface area contributed by atoms with Crippen molar-refractivity contribution in [3.63, 3.8) is 0 Å². The second-order valence-corrected chi connectivity index (χ2v) is 9.74. The van der Waals surface area contributed by atoms with Crippen LogP contribution in [0.4, 0.5) is 0 Å². The van der Waals surface area contributed by atoms with Crippen molar-refractivity contribution in [2.24, 2.45) is 5.92 Å². The minimum atomic E-state index is -0.225. The number of aryl methyl sites for hydroxylation is 1. The van der Waals surface area contributed by atoms with Crippen LogP contribution in [0.5, 0.6) is 0 Å². The number of β-lactam (4-membered cyclic amide) rings is 1. The minimum Gasteiger partial charge on any atom is -0.366 e. The number of hydrogen-bond acceptors (Lipinski definition) is 4. The maximum atomic E-state index is 13.1. The normalized spacial score (nSPS) is 26.7. The van der Waals surface area contributed by atoms with Crippen LogP contribution in [0.15, 0.2) is 18.3 Å². The summed E-state index contributed by atoms with van der Waals surface area (Å²) in [6.07, 6.45) is 11.4. The number of carbonyl (C=O) groups excluding carboxylic acids is 2. The molecule has 0 N–H and O–H groups in total. The molecule has 1 unspecified atom stereocenters. The Kier molecular flexibility index (Phi) is 5.30. The molecule has 5 rings (SSSR count). The molecule has 3 heterocycles. The third-order valence-corrected chi connectivity index (χ3v) is 7.62. The predicted molar refractivity (Wildman–Crippen MR) is 113 cm³/mol. The van der Waals surface area contributed by atoms with Crippen molar-refractivity contribution in [1.82, 2.24) is 14.8 Å². The van der Waals surface area contributed by atoms with Gasteiger partial charge in [-0.1, -0.05) is 19.3 Å². The summed E-state index contributed by atoms with van der Waals surface area (Å²) >= 11 is 0. The Bertz CT molecular complexity index is 790. The molecule has 1 atom stereocenters. The summed E-state index contributed by atoms with van der Waals surface area (Å²) < 4.78 is 6.19. The summed E-state index contributed by atoms with van der Waals surface area (Å²) in [6, 6.07) is 3.97. The maximum Gasteiger partial charge on any atom is 0.255 e. The third-order valence-electron chi connectivity index (χ3n) is 7.62. The van der Waals surface area contributed by atoms with Gasteiger partial charge in [-0.3, -0.25) is 14.6 Å². The van der Waals surface area contributed by atoms with E-state index >= 15 is 0 Å². The molecule has 1 spiro atoms. The summed E-state index contributed by atoms with van der Waals surface area (Å²) in [7, 11) is 0. The average Bonchev–Trinajstić information content (AvgIpc) is 3.60. The quantitative estimate of drug-likeness (QED) is 0.697. The summed E-state index contributed by atoms with van der Waals surface area (Å²) in [5.41, 5.74) is 1.48. The lowest BCUT2D eigenvalue weighted by Gasteiger charge is -2.62. The van der Waals surface area contributed by atoms with Crippen molar-refractivity contribution in [3.05, 3.63) is 29.6 Å². The summed E-state index contributed by atoms with van der Waals surface area (Å²) in [4.78, 5) is 34.3. The topological polar surface area (TPSA) is 62.7 Å². The van der Waals surface area contributed by atoms with Gasteiger partial charge in [0.2, 0.25) is 0 Å². The highest BCUT2D eigenvalue weighted by atomic mass is 16.5. The van der Waals surface area contributed by atoms with Crippen LogP contribution in [0.25, 0.3) is 0 Å². The number of rotatable bonds is 5. The largest absolute Gasteiger partial charge is 0.366 e. The van der Waals surface area contributed by atoms with Crippen molar-refractivity contribution >= 4 is 11.8 Å². The molecule has 2 aliphatic carbocycles. The molecule has 4 fully saturated rings. The van der Waals surface area contributed by atoms with E-state index in [4.69, 9.17) is 4.74 Å². The molecule has 6 heteroatoms. The molecule has 2 aliphatic heterocycles. The fourth-order valence-corrected chi connectivity index (χ4v) is 5.69. The third kappa shape index (κ3) is 3.53. The number of aromatic nitrogens is 1. The Morgan fingerprint density at radius 2 is 1.87 bits per heavy atom. The van der Waals surface area contributed by atoms with Gasteiger partial charge in [-0.05, 0) is 63.5 Å². The molecular weight excluding hydrogens is 378 g/mol. The standard InChI is InChI=1S/C24H33N3O3/c1-17-5-8-19(15-25-17)22(28)26-13-9-20(10-14-26)27-23(29)21(30-16-18-6-7-18)24(27)11-3-2-4-12-24/h5,8,15,18,20-21H,2-4,6-7,9-14,16H2,1H3. The highest BCUT2D eigenvalue weighted by Gasteiger charge is 2.62. The molecule has 2 saturated carbocycles. The predicted octanol–water partition coefficient (Wildman–Crippen LogP) is 3.33.